The number of benzene rings is 3. The highest BCUT2D eigenvalue weighted by molar-refractivity contribution is 7.15. The molecule has 5 nitrogen and oxygen atoms in total. The van der Waals surface area contributed by atoms with Gasteiger partial charge in [-0.3, -0.25) is 4.79 Å². The molecule has 6 heteroatoms. The third kappa shape index (κ3) is 3.72. The molecule has 0 bridgehead atoms. The summed E-state index contributed by atoms with van der Waals surface area (Å²) >= 11 is 1.74. The van der Waals surface area contributed by atoms with Crippen molar-refractivity contribution >= 4 is 33.0 Å². The van der Waals surface area contributed by atoms with Gasteiger partial charge in [-0.1, -0.05) is 93.6 Å². The fraction of sp³-hybridized carbons (Fsp3) is 0.353. The van der Waals surface area contributed by atoms with Gasteiger partial charge in [0.1, 0.15) is 18.4 Å². The van der Waals surface area contributed by atoms with E-state index in [1.54, 1.807) is 11.3 Å². The molecule has 1 aliphatic heterocycles. The zero-order valence-electron chi connectivity index (χ0n) is 23.7. The lowest BCUT2D eigenvalue weighted by Gasteiger charge is -2.34. The molecule has 7 rings (SSSR count). The number of nitrogens with zero attached hydrogens (tertiary/aromatic N) is 2. The van der Waals surface area contributed by atoms with Crippen LogP contribution in [-0.2, 0) is 16.0 Å². The molecule has 0 spiro atoms. The van der Waals surface area contributed by atoms with Crippen LogP contribution in [0, 0.1) is 11.3 Å². The third-order valence-electron chi connectivity index (χ3n) is 9.25. The van der Waals surface area contributed by atoms with Gasteiger partial charge in [-0.25, -0.2) is 4.57 Å². The van der Waals surface area contributed by atoms with Crippen LogP contribution in [0.2, 0.25) is 0 Å². The van der Waals surface area contributed by atoms with Gasteiger partial charge in [-0.15, -0.1) is 0 Å². The lowest BCUT2D eigenvalue weighted by molar-refractivity contribution is -0.685. The molecule has 2 aliphatic rings. The van der Waals surface area contributed by atoms with Crippen LogP contribution in [0.3, 0.4) is 0 Å². The number of hydrogen-bond donors (Lipinski definition) is 0. The number of rotatable bonds is 4. The molecule has 0 saturated carbocycles. The van der Waals surface area contributed by atoms with Gasteiger partial charge in [0.05, 0.1) is 19.1 Å². The second-order valence-corrected chi connectivity index (χ2v) is 13.2. The Labute approximate surface area is 239 Å². The molecule has 0 saturated heterocycles. The number of imidazole rings is 1. The summed E-state index contributed by atoms with van der Waals surface area (Å²) in [5.74, 6) is 1.41. The van der Waals surface area contributed by atoms with Crippen molar-refractivity contribution in [3.63, 3.8) is 0 Å². The summed E-state index contributed by atoms with van der Waals surface area (Å²) in [6.07, 6.45) is 1.16. The Morgan fingerprint density at radius 1 is 1.12 bits per heavy atom. The van der Waals surface area contributed by atoms with Crippen molar-refractivity contribution in [3.8, 4) is 28.3 Å². The predicted octanol–water partition coefficient (Wildman–Crippen LogP) is 7.59. The minimum absolute atomic E-state index is 0.124. The first kappa shape index (κ1) is 25.3. The standard InChI is InChI=1S/C34H35N2O3S/c1-20(34(2,3)4)25-17-26-32-31-28(15-14-22-12-9-13-24(25)30(22)31)39-18-23(16-29(37)38-5)35(32)33-36(26)27(19-40-33)21-10-7-6-8-11-21/h6-15,19-20,23,25H,16-18H2,1-5H3/q+1. The molecular formula is C34H35N2O3S+. The monoisotopic (exact) mass is 551 g/mol. The second-order valence-electron chi connectivity index (χ2n) is 12.4. The summed E-state index contributed by atoms with van der Waals surface area (Å²) in [5, 5.41) is 4.78. The van der Waals surface area contributed by atoms with E-state index in [-0.39, 0.29) is 23.8 Å². The predicted molar refractivity (Wildman–Crippen MR) is 160 cm³/mol. The summed E-state index contributed by atoms with van der Waals surface area (Å²) in [7, 11) is 1.46. The molecule has 40 heavy (non-hydrogen) atoms. The molecule has 5 aromatic rings. The molecule has 204 valence electrons. The Hall–Kier alpha value is -3.64. The average Bonchev–Trinajstić information content (AvgIpc) is 3.41. The SMILES string of the molecule is COC(=O)CC1COc2ccc3cccc4c3c2-c2c(n3c(-c5ccccc5)csc3[n+]21)CC4C(C)C(C)(C)C. The van der Waals surface area contributed by atoms with Crippen molar-refractivity contribution in [3.05, 3.63) is 77.3 Å². The minimum Gasteiger partial charge on any atom is -0.488 e. The van der Waals surface area contributed by atoms with Crippen LogP contribution in [0.15, 0.2) is 66.0 Å². The summed E-state index contributed by atoms with van der Waals surface area (Å²) in [6, 6.07) is 21.5. The van der Waals surface area contributed by atoms with Crippen LogP contribution in [0.5, 0.6) is 5.75 Å². The van der Waals surface area contributed by atoms with E-state index in [0.717, 1.165) is 22.7 Å². The average molecular weight is 552 g/mol. The van der Waals surface area contributed by atoms with E-state index < -0.39 is 0 Å². The molecule has 0 fully saturated rings. The topological polar surface area (TPSA) is 43.8 Å². The van der Waals surface area contributed by atoms with Crippen molar-refractivity contribution in [1.82, 2.24) is 4.40 Å². The Morgan fingerprint density at radius 2 is 1.93 bits per heavy atom. The number of methoxy groups -OCH3 is 1. The fourth-order valence-corrected chi connectivity index (χ4v) is 7.91. The highest BCUT2D eigenvalue weighted by atomic mass is 32.1. The number of hydrogen-bond acceptors (Lipinski definition) is 4. The van der Waals surface area contributed by atoms with E-state index in [1.807, 2.05) is 0 Å². The molecule has 3 aromatic carbocycles. The highest BCUT2D eigenvalue weighted by Crippen LogP contribution is 2.51. The van der Waals surface area contributed by atoms with E-state index in [4.69, 9.17) is 9.47 Å². The van der Waals surface area contributed by atoms with Gasteiger partial charge in [0.25, 0.3) is 0 Å². The molecule has 3 unspecified atom stereocenters. The van der Waals surface area contributed by atoms with Crippen molar-refractivity contribution in [2.24, 2.45) is 11.3 Å². The zero-order valence-corrected chi connectivity index (χ0v) is 24.5. The first-order valence-electron chi connectivity index (χ1n) is 14.1. The van der Waals surface area contributed by atoms with Crippen LogP contribution in [0.4, 0.5) is 0 Å². The van der Waals surface area contributed by atoms with Gasteiger partial charge < -0.3 is 9.47 Å². The van der Waals surface area contributed by atoms with Crippen LogP contribution < -0.4 is 9.30 Å². The number of carbonyl (C=O) groups excluding carboxylic acids is 1. The molecule has 3 atom stereocenters. The Bertz CT molecular complexity index is 1780. The third-order valence-corrected chi connectivity index (χ3v) is 10.2. The summed E-state index contributed by atoms with van der Waals surface area (Å²) in [6.45, 7) is 9.88. The largest absolute Gasteiger partial charge is 0.488 e. The van der Waals surface area contributed by atoms with E-state index in [2.05, 4.69) is 103 Å². The Morgan fingerprint density at radius 3 is 2.67 bits per heavy atom. The Kier molecular flexibility index (Phi) is 5.83. The second kappa shape index (κ2) is 9.20. The van der Waals surface area contributed by atoms with Crippen LogP contribution >= 0.6 is 11.3 Å². The van der Waals surface area contributed by atoms with E-state index in [1.165, 1.54) is 46.1 Å². The molecular weight excluding hydrogens is 516 g/mol. The molecule has 0 radical (unpaired) electrons. The van der Waals surface area contributed by atoms with E-state index in [9.17, 15) is 4.79 Å². The van der Waals surface area contributed by atoms with E-state index in [0.29, 0.717) is 18.4 Å². The summed E-state index contributed by atoms with van der Waals surface area (Å²) in [5.41, 5.74) is 7.54. The lowest BCUT2D eigenvalue weighted by atomic mass is 9.70. The van der Waals surface area contributed by atoms with Gasteiger partial charge in [-0.2, -0.15) is 4.40 Å². The summed E-state index contributed by atoms with van der Waals surface area (Å²) in [4.78, 5) is 13.8. The zero-order chi connectivity index (χ0) is 27.8. The minimum atomic E-state index is -0.224. The number of esters is 1. The molecule has 3 heterocycles. The highest BCUT2D eigenvalue weighted by Gasteiger charge is 2.44. The maximum Gasteiger partial charge on any atom is 0.347 e. The number of aromatic nitrogens is 2. The van der Waals surface area contributed by atoms with Gasteiger partial charge in [-0.05, 0) is 34.3 Å². The molecule has 1 aliphatic carbocycles. The number of ether oxygens (including phenoxy) is 2. The molecule has 0 amide bonds. The molecule has 0 N–H and O–H groups in total. The van der Waals surface area contributed by atoms with Gasteiger partial charge in [0.15, 0.2) is 17.1 Å². The van der Waals surface area contributed by atoms with Crippen LogP contribution in [0.25, 0.3) is 38.2 Å². The lowest BCUT2D eigenvalue weighted by Crippen LogP contribution is -2.43. The normalized spacial score (nSPS) is 18.7. The van der Waals surface area contributed by atoms with Gasteiger partial charge in [0.2, 0.25) is 0 Å². The smallest absolute Gasteiger partial charge is 0.347 e. The van der Waals surface area contributed by atoms with E-state index >= 15 is 0 Å². The summed E-state index contributed by atoms with van der Waals surface area (Å²) < 4.78 is 16.6. The van der Waals surface area contributed by atoms with Crippen molar-refractivity contribution in [2.75, 3.05) is 13.7 Å². The van der Waals surface area contributed by atoms with Crippen molar-refractivity contribution in [1.29, 1.82) is 0 Å². The van der Waals surface area contributed by atoms with Crippen LogP contribution in [0.1, 0.15) is 57.3 Å². The Balaban J connectivity index is 1.63. The maximum atomic E-state index is 12.7. The first-order chi connectivity index (χ1) is 19.3. The quantitative estimate of drug-likeness (QED) is 0.171. The number of carbonyl (C=O) groups is 1. The number of thiazole rings is 1. The van der Waals surface area contributed by atoms with Crippen molar-refractivity contribution in [2.45, 2.75) is 52.5 Å². The van der Waals surface area contributed by atoms with Gasteiger partial charge in [0, 0.05) is 22.8 Å². The van der Waals surface area contributed by atoms with Crippen molar-refractivity contribution < 1.29 is 18.8 Å². The fourth-order valence-electron chi connectivity index (χ4n) is 6.79. The molecule has 2 aromatic heterocycles. The van der Waals surface area contributed by atoms with Gasteiger partial charge >= 0.3 is 10.9 Å². The first-order valence-corrected chi connectivity index (χ1v) is 15.0. The number of fused-ring (bicyclic) bond motifs is 3. The maximum absolute atomic E-state index is 12.7. The van der Waals surface area contributed by atoms with Crippen LogP contribution in [-0.4, -0.2) is 24.1 Å².